The van der Waals surface area contributed by atoms with Gasteiger partial charge in [-0.05, 0) is 43.4 Å². The van der Waals surface area contributed by atoms with Gasteiger partial charge in [0.05, 0.1) is 6.04 Å². The highest BCUT2D eigenvalue weighted by Gasteiger charge is 2.26. The Morgan fingerprint density at radius 1 is 1.53 bits per heavy atom. The summed E-state index contributed by atoms with van der Waals surface area (Å²) in [5.41, 5.74) is 2.70. The maximum Gasteiger partial charge on any atom is 0.236 e. The van der Waals surface area contributed by atoms with Crippen LogP contribution in [0.4, 0.5) is 0 Å². The fourth-order valence-corrected chi connectivity index (χ4v) is 3.14. The highest BCUT2D eigenvalue weighted by Crippen LogP contribution is 2.35. The molecule has 0 aliphatic heterocycles. The van der Waals surface area contributed by atoms with Crippen LogP contribution in [0.15, 0.2) is 22.7 Å². The molecule has 1 aromatic rings. The number of fused-ring (bicyclic) bond motifs is 1. The predicted molar refractivity (Wildman–Crippen MR) is 81.1 cm³/mol. The number of hydrogen-bond acceptors (Lipinski definition) is 2. The average Bonchev–Trinajstić information content (AvgIpc) is 2.80. The van der Waals surface area contributed by atoms with Crippen molar-refractivity contribution in [3.63, 3.8) is 0 Å². The third-order valence-corrected chi connectivity index (χ3v) is 4.35. The van der Waals surface area contributed by atoms with Crippen molar-refractivity contribution in [2.24, 2.45) is 0 Å². The molecule has 19 heavy (non-hydrogen) atoms. The molecule has 1 aliphatic carbocycles. The lowest BCUT2D eigenvalue weighted by Gasteiger charge is -2.20. The number of amides is 1. The van der Waals surface area contributed by atoms with Gasteiger partial charge in [-0.1, -0.05) is 35.0 Å². The van der Waals surface area contributed by atoms with Crippen molar-refractivity contribution in [3.8, 4) is 0 Å². The van der Waals surface area contributed by atoms with E-state index in [2.05, 4.69) is 51.7 Å². The third kappa shape index (κ3) is 3.37. The summed E-state index contributed by atoms with van der Waals surface area (Å²) in [6.45, 7) is 4.74. The molecule has 0 saturated carbocycles. The Morgan fingerprint density at radius 2 is 2.32 bits per heavy atom. The maximum atomic E-state index is 11.9. The van der Waals surface area contributed by atoms with Crippen LogP contribution in [0.25, 0.3) is 0 Å². The summed E-state index contributed by atoms with van der Waals surface area (Å²) in [6.07, 6.45) is 3.10. The summed E-state index contributed by atoms with van der Waals surface area (Å²) in [4.78, 5) is 11.9. The number of carbonyl (C=O) groups excluding carboxylic acids is 1. The number of halogens is 1. The van der Waals surface area contributed by atoms with Crippen molar-refractivity contribution in [2.75, 3.05) is 6.54 Å². The first-order chi connectivity index (χ1) is 9.13. The van der Waals surface area contributed by atoms with E-state index >= 15 is 0 Å². The summed E-state index contributed by atoms with van der Waals surface area (Å²) < 4.78 is 1.18. The summed E-state index contributed by atoms with van der Waals surface area (Å²) in [5, 5.41) is 6.37. The Kier molecular flexibility index (Phi) is 4.99. The van der Waals surface area contributed by atoms with Crippen molar-refractivity contribution in [2.45, 2.75) is 45.2 Å². The molecule has 1 aliphatic rings. The molecule has 0 heterocycles. The van der Waals surface area contributed by atoms with E-state index < -0.39 is 0 Å². The summed E-state index contributed by atoms with van der Waals surface area (Å²) >= 11 is 3.60. The van der Waals surface area contributed by atoms with E-state index in [1.807, 2.05) is 6.92 Å². The van der Waals surface area contributed by atoms with Crippen LogP contribution >= 0.6 is 15.9 Å². The molecule has 4 heteroatoms. The topological polar surface area (TPSA) is 41.1 Å². The number of rotatable bonds is 5. The minimum absolute atomic E-state index is 0.0882. The summed E-state index contributed by atoms with van der Waals surface area (Å²) in [5.74, 6) is 0.0882. The van der Waals surface area contributed by atoms with Gasteiger partial charge >= 0.3 is 0 Å². The van der Waals surface area contributed by atoms with Gasteiger partial charge in [0.15, 0.2) is 0 Å². The van der Waals surface area contributed by atoms with Gasteiger partial charge in [0.25, 0.3) is 0 Å². The van der Waals surface area contributed by atoms with E-state index in [4.69, 9.17) is 0 Å². The van der Waals surface area contributed by atoms with Crippen molar-refractivity contribution in [3.05, 3.63) is 33.8 Å². The van der Waals surface area contributed by atoms with Gasteiger partial charge in [0.2, 0.25) is 5.91 Å². The first-order valence-corrected chi connectivity index (χ1v) is 7.73. The zero-order chi connectivity index (χ0) is 13.8. The van der Waals surface area contributed by atoms with Gasteiger partial charge in [-0.2, -0.15) is 0 Å². The monoisotopic (exact) mass is 324 g/mol. The van der Waals surface area contributed by atoms with Gasteiger partial charge < -0.3 is 5.32 Å². The van der Waals surface area contributed by atoms with Crippen molar-refractivity contribution >= 4 is 21.8 Å². The lowest BCUT2D eigenvalue weighted by atomic mass is 10.1. The van der Waals surface area contributed by atoms with Crippen LogP contribution in [0, 0.1) is 0 Å². The van der Waals surface area contributed by atoms with Crippen LogP contribution in [0.2, 0.25) is 0 Å². The van der Waals surface area contributed by atoms with Gasteiger partial charge in [-0.15, -0.1) is 0 Å². The van der Waals surface area contributed by atoms with E-state index in [1.165, 1.54) is 15.6 Å². The minimum atomic E-state index is -0.151. The lowest BCUT2D eigenvalue weighted by Crippen LogP contribution is -2.43. The average molecular weight is 325 g/mol. The molecule has 2 N–H and O–H groups in total. The van der Waals surface area contributed by atoms with Crippen LogP contribution in [0.3, 0.4) is 0 Å². The van der Waals surface area contributed by atoms with Crippen LogP contribution in [-0.2, 0) is 11.2 Å². The second-order valence-corrected chi connectivity index (χ2v) is 5.93. The second-order valence-electron chi connectivity index (χ2n) is 5.08. The molecule has 2 unspecified atom stereocenters. The van der Waals surface area contributed by atoms with E-state index in [0.717, 1.165) is 25.8 Å². The molecule has 3 nitrogen and oxygen atoms in total. The molecular weight excluding hydrogens is 304 g/mol. The standard InChI is InChI=1S/C15H21BrN2O/c1-3-9-17-15(19)10(2)18-14-8-7-11-12(14)5-4-6-13(11)16/h4-6,10,14,18H,3,7-9H2,1-2H3,(H,17,19). The SMILES string of the molecule is CCCNC(=O)C(C)NC1CCc2c(Br)cccc21. The Hall–Kier alpha value is -0.870. The highest BCUT2D eigenvalue weighted by atomic mass is 79.9. The first-order valence-electron chi connectivity index (χ1n) is 6.94. The zero-order valence-electron chi connectivity index (χ0n) is 11.5. The van der Waals surface area contributed by atoms with Crippen molar-refractivity contribution in [1.29, 1.82) is 0 Å². The lowest BCUT2D eigenvalue weighted by molar-refractivity contribution is -0.122. The molecule has 0 aromatic heterocycles. The molecule has 1 aromatic carbocycles. The first kappa shape index (κ1) is 14.5. The largest absolute Gasteiger partial charge is 0.355 e. The number of benzene rings is 1. The molecule has 0 bridgehead atoms. The molecule has 2 rings (SSSR count). The Bertz CT molecular complexity index is 461. The second kappa shape index (κ2) is 6.53. The van der Waals surface area contributed by atoms with E-state index in [9.17, 15) is 4.79 Å². The summed E-state index contributed by atoms with van der Waals surface area (Å²) in [6, 6.07) is 6.43. The van der Waals surface area contributed by atoms with Crippen molar-refractivity contribution in [1.82, 2.24) is 10.6 Å². The fourth-order valence-electron chi connectivity index (χ4n) is 2.56. The number of hydrogen-bond donors (Lipinski definition) is 2. The molecular formula is C15H21BrN2O. The Balaban J connectivity index is 1.99. The Morgan fingerprint density at radius 3 is 3.05 bits per heavy atom. The van der Waals surface area contributed by atoms with Crippen LogP contribution in [0.5, 0.6) is 0 Å². The van der Waals surface area contributed by atoms with Crippen LogP contribution < -0.4 is 10.6 Å². The third-order valence-electron chi connectivity index (χ3n) is 3.61. The van der Waals surface area contributed by atoms with E-state index in [0.29, 0.717) is 0 Å². The summed E-state index contributed by atoms with van der Waals surface area (Å²) in [7, 11) is 0. The molecule has 2 atom stereocenters. The van der Waals surface area contributed by atoms with E-state index in [-0.39, 0.29) is 18.0 Å². The normalized spacial score (nSPS) is 19.0. The Labute approximate surface area is 123 Å². The van der Waals surface area contributed by atoms with Crippen LogP contribution in [-0.4, -0.2) is 18.5 Å². The molecule has 0 spiro atoms. The molecule has 0 radical (unpaired) electrons. The molecule has 104 valence electrons. The van der Waals surface area contributed by atoms with Gasteiger partial charge in [-0.3, -0.25) is 10.1 Å². The zero-order valence-corrected chi connectivity index (χ0v) is 13.1. The number of carbonyl (C=O) groups is 1. The quantitative estimate of drug-likeness (QED) is 0.874. The van der Waals surface area contributed by atoms with Gasteiger partial charge in [0, 0.05) is 17.1 Å². The van der Waals surface area contributed by atoms with Crippen molar-refractivity contribution < 1.29 is 4.79 Å². The highest BCUT2D eigenvalue weighted by molar-refractivity contribution is 9.10. The number of nitrogens with one attached hydrogen (secondary N) is 2. The maximum absolute atomic E-state index is 11.9. The van der Waals surface area contributed by atoms with Crippen LogP contribution in [0.1, 0.15) is 43.9 Å². The van der Waals surface area contributed by atoms with E-state index in [1.54, 1.807) is 0 Å². The molecule has 0 saturated heterocycles. The fraction of sp³-hybridized carbons (Fsp3) is 0.533. The molecule has 1 amide bonds. The van der Waals surface area contributed by atoms with Gasteiger partial charge in [0.1, 0.15) is 0 Å². The molecule has 0 fully saturated rings. The predicted octanol–water partition coefficient (Wildman–Crippen LogP) is 2.94. The van der Waals surface area contributed by atoms with Gasteiger partial charge in [-0.25, -0.2) is 0 Å². The minimum Gasteiger partial charge on any atom is -0.355 e. The smallest absolute Gasteiger partial charge is 0.236 e.